The molecule has 1 heterocycles. The molecule has 0 amide bonds. The largest absolute Gasteiger partial charge is 0.464 e. The molecule has 1 saturated heterocycles. The van der Waals surface area contributed by atoms with Gasteiger partial charge in [0.1, 0.15) is 6.04 Å². The number of fused-ring (bicyclic) bond motifs is 1. The Hall–Kier alpha value is -0.570. The van der Waals surface area contributed by atoms with Crippen LogP contribution in [0.3, 0.4) is 0 Å². The molecule has 1 N–H and O–H groups in total. The standard InChI is InChI=1S/C16H29NO2/c1-3-5-7-12(4-2)11-19-16(18)15-14-9-6-8-13(14)10-17-15/h12-15,17H,3-11H2,1-2H3. The monoisotopic (exact) mass is 267 g/mol. The third kappa shape index (κ3) is 3.71. The van der Waals surface area contributed by atoms with Gasteiger partial charge in [0.15, 0.2) is 0 Å². The molecule has 1 aliphatic heterocycles. The van der Waals surface area contributed by atoms with Crippen LogP contribution in [0.1, 0.15) is 58.8 Å². The van der Waals surface area contributed by atoms with Gasteiger partial charge in [-0.05, 0) is 43.6 Å². The fourth-order valence-electron chi connectivity index (χ4n) is 3.63. The molecule has 3 nitrogen and oxygen atoms in total. The van der Waals surface area contributed by atoms with Crippen LogP contribution in [0.25, 0.3) is 0 Å². The number of ether oxygens (including phenoxy) is 1. The molecule has 0 aromatic heterocycles. The first-order chi connectivity index (χ1) is 9.26. The summed E-state index contributed by atoms with van der Waals surface area (Å²) in [5.74, 6) is 1.82. The molecule has 0 radical (unpaired) electrons. The summed E-state index contributed by atoms with van der Waals surface area (Å²) >= 11 is 0. The smallest absolute Gasteiger partial charge is 0.323 e. The average Bonchev–Trinajstić information content (AvgIpc) is 3.01. The highest BCUT2D eigenvalue weighted by atomic mass is 16.5. The Balaban J connectivity index is 1.74. The molecule has 0 bridgehead atoms. The number of hydrogen-bond acceptors (Lipinski definition) is 3. The van der Waals surface area contributed by atoms with Crippen molar-refractivity contribution in [1.29, 1.82) is 0 Å². The summed E-state index contributed by atoms with van der Waals surface area (Å²) in [5, 5.41) is 3.37. The highest BCUT2D eigenvalue weighted by Gasteiger charge is 2.43. The quantitative estimate of drug-likeness (QED) is 0.720. The van der Waals surface area contributed by atoms with Gasteiger partial charge in [0.25, 0.3) is 0 Å². The molecular weight excluding hydrogens is 238 g/mol. The second-order valence-corrected chi connectivity index (χ2v) is 6.29. The maximum absolute atomic E-state index is 12.2. The molecule has 4 atom stereocenters. The number of rotatable bonds is 7. The van der Waals surface area contributed by atoms with Crippen molar-refractivity contribution in [3.63, 3.8) is 0 Å². The van der Waals surface area contributed by atoms with Crippen molar-refractivity contribution < 1.29 is 9.53 Å². The van der Waals surface area contributed by atoms with Crippen molar-refractivity contribution in [1.82, 2.24) is 5.32 Å². The van der Waals surface area contributed by atoms with Crippen LogP contribution in [0.2, 0.25) is 0 Å². The Morgan fingerprint density at radius 2 is 2.21 bits per heavy atom. The van der Waals surface area contributed by atoms with Gasteiger partial charge >= 0.3 is 5.97 Å². The van der Waals surface area contributed by atoms with Crippen molar-refractivity contribution in [3.05, 3.63) is 0 Å². The minimum absolute atomic E-state index is 0.00403. The zero-order valence-electron chi connectivity index (χ0n) is 12.5. The first kappa shape index (κ1) is 14.8. The fraction of sp³-hybridized carbons (Fsp3) is 0.938. The van der Waals surface area contributed by atoms with Crippen LogP contribution >= 0.6 is 0 Å². The van der Waals surface area contributed by atoms with E-state index in [4.69, 9.17) is 4.74 Å². The van der Waals surface area contributed by atoms with Crippen LogP contribution in [0, 0.1) is 17.8 Å². The van der Waals surface area contributed by atoms with Crippen LogP contribution < -0.4 is 5.32 Å². The van der Waals surface area contributed by atoms with Crippen molar-refractivity contribution in [3.8, 4) is 0 Å². The van der Waals surface area contributed by atoms with Gasteiger partial charge in [-0.15, -0.1) is 0 Å². The lowest BCUT2D eigenvalue weighted by Crippen LogP contribution is -2.37. The lowest BCUT2D eigenvalue weighted by atomic mass is 9.94. The van der Waals surface area contributed by atoms with E-state index in [0.29, 0.717) is 18.4 Å². The van der Waals surface area contributed by atoms with E-state index < -0.39 is 0 Å². The molecule has 19 heavy (non-hydrogen) atoms. The second-order valence-electron chi connectivity index (χ2n) is 6.29. The topological polar surface area (TPSA) is 38.3 Å². The first-order valence-electron chi connectivity index (χ1n) is 8.16. The number of carbonyl (C=O) groups is 1. The first-order valence-corrected chi connectivity index (χ1v) is 8.16. The van der Waals surface area contributed by atoms with Crippen molar-refractivity contribution in [2.24, 2.45) is 17.8 Å². The van der Waals surface area contributed by atoms with Crippen LogP contribution in [-0.4, -0.2) is 25.2 Å². The minimum Gasteiger partial charge on any atom is -0.464 e. The van der Waals surface area contributed by atoms with E-state index in [9.17, 15) is 4.79 Å². The Bertz CT molecular complexity index is 292. The Morgan fingerprint density at radius 1 is 1.37 bits per heavy atom. The molecular formula is C16H29NO2. The van der Waals surface area contributed by atoms with Gasteiger partial charge in [0.2, 0.25) is 0 Å². The predicted molar refractivity (Wildman–Crippen MR) is 76.9 cm³/mol. The van der Waals surface area contributed by atoms with E-state index in [1.165, 1.54) is 38.5 Å². The molecule has 3 heteroatoms. The average molecular weight is 267 g/mol. The van der Waals surface area contributed by atoms with Crippen LogP contribution in [-0.2, 0) is 9.53 Å². The zero-order chi connectivity index (χ0) is 13.7. The van der Waals surface area contributed by atoms with Crippen LogP contribution in [0.4, 0.5) is 0 Å². The van der Waals surface area contributed by atoms with E-state index in [1.54, 1.807) is 0 Å². The van der Waals surface area contributed by atoms with E-state index >= 15 is 0 Å². The molecule has 1 aliphatic carbocycles. The number of nitrogens with one attached hydrogen (secondary N) is 1. The molecule has 0 spiro atoms. The highest BCUT2D eigenvalue weighted by Crippen LogP contribution is 2.38. The third-order valence-electron chi connectivity index (χ3n) is 5.00. The maximum atomic E-state index is 12.2. The van der Waals surface area contributed by atoms with Crippen LogP contribution in [0.5, 0.6) is 0 Å². The van der Waals surface area contributed by atoms with E-state index in [1.807, 2.05) is 0 Å². The summed E-state index contributed by atoms with van der Waals surface area (Å²) < 4.78 is 5.58. The predicted octanol–water partition coefficient (Wildman–Crippen LogP) is 3.13. The molecule has 110 valence electrons. The third-order valence-corrected chi connectivity index (χ3v) is 5.00. The van der Waals surface area contributed by atoms with Gasteiger partial charge in [0, 0.05) is 0 Å². The van der Waals surface area contributed by atoms with Crippen molar-refractivity contribution in [2.45, 2.75) is 64.8 Å². The molecule has 0 aromatic carbocycles. The summed E-state index contributed by atoms with van der Waals surface area (Å²) in [5.41, 5.74) is 0. The zero-order valence-corrected chi connectivity index (χ0v) is 12.5. The summed E-state index contributed by atoms with van der Waals surface area (Å²) in [6.07, 6.45) is 8.53. The maximum Gasteiger partial charge on any atom is 0.323 e. The van der Waals surface area contributed by atoms with Gasteiger partial charge in [0.05, 0.1) is 6.61 Å². The van der Waals surface area contributed by atoms with E-state index in [0.717, 1.165) is 18.9 Å². The molecule has 0 aromatic rings. The van der Waals surface area contributed by atoms with Gasteiger partial charge < -0.3 is 10.1 Å². The van der Waals surface area contributed by atoms with E-state index in [-0.39, 0.29) is 12.0 Å². The van der Waals surface area contributed by atoms with Crippen LogP contribution in [0.15, 0.2) is 0 Å². The minimum atomic E-state index is -0.0174. The lowest BCUT2D eigenvalue weighted by molar-refractivity contribution is -0.148. The Morgan fingerprint density at radius 3 is 2.95 bits per heavy atom. The van der Waals surface area contributed by atoms with Crippen molar-refractivity contribution >= 4 is 5.97 Å². The Labute approximate surface area is 117 Å². The SMILES string of the molecule is CCCCC(CC)COC(=O)C1NCC2CCCC21. The molecule has 2 rings (SSSR count). The summed E-state index contributed by atoms with van der Waals surface area (Å²) in [7, 11) is 0. The molecule has 2 fully saturated rings. The number of unbranched alkanes of at least 4 members (excludes halogenated alkanes) is 1. The molecule has 2 aliphatic rings. The Kier molecular flexibility index (Phi) is 5.68. The van der Waals surface area contributed by atoms with Gasteiger partial charge in [-0.1, -0.05) is 39.5 Å². The highest BCUT2D eigenvalue weighted by molar-refractivity contribution is 5.76. The number of carbonyl (C=O) groups excluding carboxylic acids is 1. The number of hydrogen-bond donors (Lipinski definition) is 1. The fourth-order valence-corrected chi connectivity index (χ4v) is 3.63. The van der Waals surface area contributed by atoms with Crippen molar-refractivity contribution in [2.75, 3.05) is 13.2 Å². The summed E-state index contributed by atoms with van der Waals surface area (Å²) in [4.78, 5) is 12.2. The lowest BCUT2D eigenvalue weighted by Gasteiger charge is -2.19. The second kappa shape index (κ2) is 7.28. The molecule has 1 saturated carbocycles. The van der Waals surface area contributed by atoms with Gasteiger partial charge in [-0.2, -0.15) is 0 Å². The molecule has 4 unspecified atom stereocenters. The number of esters is 1. The van der Waals surface area contributed by atoms with Gasteiger partial charge in [-0.3, -0.25) is 4.79 Å². The summed E-state index contributed by atoms with van der Waals surface area (Å²) in [6.45, 7) is 6.03. The van der Waals surface area contributed by atoms with E-state index in [2.05, 4.69) is 19.2 Å². The normalized spacial score (nSPS) is 31.2. The summed E-state index contributed by atoms with van der Waals surface area (Å²) in [6, 6.07) is -0.0174. The van der Waals surface area contributed by atoms with Gasteiger partial charge in [-0.25, -0.2) is 0 Å².